The van der Waals surface area contributed by atoms with E-state index in [9.17, 15) is 4.79 Å². The van der Waals surface area contributed by atoms with Crippen LogP contribution in [0.1, 0.15) is 58.8 Å². The number of hydrogen-bond donors (Lipinski definition) is 0. The minimum atomic E-state index is 0.0129. The van der Waals surface area contributed by atoms with Gasteiger partial charge in [0.15, 0.2) is 0 Å². The molecule has 1 saturated heterocycles. The molecule has 0 bridgehead atoms. The Bertz CT molecular complexity index is 277. The Labute approximate surface area is 110 Å². The van der Waals surface area contributed by atoms with Crippen LogP contribution in [0.5, 0.6) is 0 Å². The van der Waals surface area contributed by atoms with Gasteiger partial charge >= 0.3 is 5.97 Å². The first-order valence-electron chi connectivity index (χ1n) is 7.56. The smallest absolute Gasteiger partial charge is 0.309 e. The molecule has 0 aromatic heterocycles. The highest BCUT2D eigenvalue weighted by atomic mass is 16.6. The molecule has 2 rings (SSSR count). The van der Waals surface area contributed by atoms with Crippen molar-refractivity contribution in [3.63, 3.8) is 0 Å². The van der Waals surface area contributed by atoms with Gasteiger partial charge in [0.05, 0.1) is 24.7 Å². The third kappa shape index (κ3) is 3.71. The van der Waals surface area contributed by atoms with E-state index in [0.29, 0.717) is 24.7 Å². The largest absolute Gasteiger partial charge is 0.465 e. The lowest BCUT2D eigenvalue weighted by Crippen LogP contribution is -2.25. The number of epoxide rings is 1. The maximum Gasteiger partial charge on any atom is 0.309 e. The third-order valence-electron chi connectivity index (χ3n) is 4.34. The Kier molecular flexibility index (Phi) is 5.04. The second-order valence-corrected chi connectivity index (χ2v) is 5.77. The van der Waals surface area contributed by atoms with Crippen molar-refractivity contribution >= 4 is 5.97 Å². The van der Waals surface area contributed by atoms with Gasteiger partial charge in [0.2, 0.25) is 0 Å². The highest BCUT2D eigenvalue weighted by Crippen LogP contribution is 2.39. The Morgan fingerprint density at radius 2 is 2.17 bits per heavy atom. The molecule has 0 aromatic carbocycles. The summed E-state index contributed by atoms with van der Waals surface area (Å²) in [5, 5.41) is 0. The zero-order valence-corrected chi connectivity index (χ0v) is 11.7. The maximum absolute atomic E-state index is 12.0. The summed E-state index contributed by atoms with van der Waals surface area (Å²) < 4.78 is 11.0. The Morgan fingerprint density at radius 1 is 1.33 bits per heavy atom. The van der Waals surface area contributed by atoms with Crippen LogP contribution in [-0.4, -0.2) is 24.8 Å². The molecule has 2 fully saturated rings. The van der Waals surface area contributed by atoms with Gasteiger partial charge in [-0.3, -0.25) is 4.79 Å². The normalized spacial score (nSPS) is 31.6. The molecule has 1 aliphatic carbocycles. The maximum atomic E-state index is 12.0. The number of carbonyl (C=O) groups excluding carboxylic acids is 1. The van der Waals surface area contributed by atoms with Crippen LogP contribution in [0.3, 0.4) is 0 Å². The number of fused-ring (bicyclic) bond motifs is 1. The lowest BCUT2D eigenvalue weighted by molar-refractivity contribution is -0.151. The molecule has 104 valence electrons. The fourth-order valence-corrected chi connectivity index (χ4v) is 2.83. The van der Waals surface area contributed by atoms with Crippen LogP contribution < -0.4 is 0 Å². The van der Waals surface area contributed by atoms with E-state index in [2.05, 4.69) is 13.8 Å². The van der Waals surface area contributed by atoms with Gasteiger partial charge in [-0.1, -0.05) is 33.1 Å². The Morgan fingerprint density at radius 3 is 2.83 bits per heavy atom. The van der Waals surface area contributed by atoms with Crippen LogP contribution in [0.15, 0.2) is 0 Å². The molecular weight excluding hydrogens is 228 g/mol. The van der Waals surface area contributed by atoms with Gasteiger partial charge in [0.25, 0.3) is 0 Å². The van der Waals surface area contributed by atoms with Crippen molar-refractivity contribution in [3.8, 4) is 0 Å². The lowest BCUT2D eigenvalue weighted by atomic mass is 9.89. The van der Waals surface area contributed by atoms with Gasteiger partial charge in [-0.05, 0) is 31.6 Å². The van der Waals surface area contributed by atoms with E-state index < -0.39 is 0 Å². The summed E-state index contributed by atoms with van der Waals surface area (Å²) in [6.45, 7) is 4.99. The minimum Gasteiger partial charge on any atom is -0.465 e. The second-order valence-electron chi connectivity index (χ2n) is 5.77. The van der Waals surface area contributed by atoms with Crippen LogP contribution in [0, 0.1) is 11.8 Å². The van der Waals surface area contributed by atoms with Gasteiger partial charge < -0.3 is 9.47 Å². The van der Waals surface area contributed by atoms with E-state index in [0.717, 1.165) is 25.7 Å². The number of esters is 1. The molecule has 0 spiro atoms. The van der Waals surface area contributed by atoms with Crippen LogP contribution in [-0.2, 0) is 14.3 Å². The molecule has 0 unspecified atom stereocenters. The molecule has 0 amide bonds. The lowest BCUT2D eigenvalue weighted by Gasteiger charge is -2.20. The monoisotopic (exact) mass is 254 g/mol. The highest BCUT2D eigenvalue weighted by molar-refractivity contribution is 5.72. The third-order valence-corrected chi connectivity index (χ3v) is 4.34. The van der Waals surface area contributed by atoms with Crippen LogP contribution in [0.4, 0.5) is 0 Å². The summed E-state index contributed by atoms with van der Waals surface area (Å²) in [4.78, 5) is 12.0. The molecule has 1 heterocycles. The predicted molar refractivity (Wildman–Crippen MR) is 70.3 cm³/mol. The Hall–Kier alpha value is -0.570. The molecular formula is C15H26O3. The summed E-state index contributed by atoms with van der Waals surface area (Å²) in [5.74, 6) is 0.652. The van der Waals surface area contributed by atoms with Gasteiger partial charge in [-0.25, -0.2) is 0 Å². The standard InChI is InChI=1S/C15H26O3/c1-3-5-6-11(4-2)10-17-15(16)12-7-8-13-14(9-12)18-13/h11-14H,3-10H2,1-2H3/t11-,12+,13+,14-/m0/s1. The van der Waals surface area contributed by atoms with E-state index in [1.54, 1.807) is 0 Å². The number of rotatable bonds is 7. The van der Waals surface area contributed by atoms with Crippen molar-refractivity contribution < 1.29 is 14.3 Å². The van der Waals surface area contributed by atoms with Crippen LogP contribution in [0.25, 0.3) is 0 Å². The van der Waals surface area contributed by atoms with Crippen molar-refractivity contribution in [3.05, 3.63) is 0 Å². The molecule has 0 N–H and O–H groups in total. The van der Waals surface area contributed by atoms with E-state index in [1.165, 1.54) is 19.3 Å². The predicted octanol–water partition coefficient (Wildman–Crippen LogP) is 3.31. The van der Waals surface area contributed by atoms with Crippen molar-refractivity contribution in [1.82, 2.24) is 0 Å². The average Bonchev–Trinajstić information content (AvgIpc) is 3.16. The number of unbranched alkanes of at least 4 members (excludes halogenated alkanes) is 1. The molecule has 0 radical (unpaired) electrons. The highest BCUT2D eigenvalue weighted by Gasteiger charge is 2.46. The first-order valence-corrected chi connectivity index (χ1v) is 7.56. The van der Waals surface area contributed by atoms with E-state index in [1.807, 2.05) is 0 Å². The molecule has 3 heteroatoms. The second kappa shape index (κ2) is 6.55. The first kappa shape index (κ1) is 13.9. The average molecular weight is 254 g/mol. The Balaban J connectivity index is 1.66. The molecule has 1 saturated carbocycles. The van der Waals surface area contributed by atoms with Crippen molar-refractivity contribution in [1.29, 1.82) is 0 Å². The number of ether oxygens (including phenoxy) is 2. The molecule has 18 heavy (non-hydrogen) atoms. The van der Waals surface area contributed by atoms with E-state index in [4.69, 9.17) is 9.47 Å². The number of carbonyl (C=O) groups is 1. The van der Waals surface area contributed by atoms with Crippen LogP contribution >= 0.6 is 0 Å². The zero-order valence-electron chi connectivity index (χ0n) is 11.7. The quantitative estimate of drug-likeness (QED) is 0.517. The summed E-state index contributed by atoms with van der Waals surface area (Å²) in [6.07, 6.45) is 8.42. The minimum absolute atomic E-state index is 0.0129. The van der Waals surface area contributed by atoms with Gasteiger partial charge in [-0.15, -0.1) is 0 Å². The van der Waals surface area contributed by atoms with E-state index in [-0.39, 0.29) is 11.9 Å². The van der Waals surface area contributed by atoms with Crippen molar-refractivity contribution in [2.24, 2.45) is 11.8 Å². The van der Waals surface area contributed by atoms with Gasteiger partial charge in [0, 0.05) is 0 Å². The molecule has 1 aliphatic heterocycles. The molecule has 2 aliphatic rings. The summed E-state index contributed by atoms with van der Waals surface area (Å²) in [6, 6.07) is 0. The summed E-state index contributed by atoms with van der Waals surface area (Å²) >= 11 is 0. The van der Waals surface area contributed by atoms with Crippen LogP contribution in [0.2, 0.25) is 0 Å². The fourth-order valence-electron chi connectivity index (χ4n) is 2.83. The molecule has 0 aromatic rings. The summed E-state index contributed by atoms with van der Waals surface area (Å²) in [5.41, 5.74) is 0. The SMILES string of the molecule is CCCC[C@H](CC)COC(=O)[C@@H]1CC[C@H]2O[C@H]2C1. The van der Waals surface area contributed by atoms with Crippen molar-refractivity contribution in [2.45, 2.75) is 71.0 Å². The summed E-state index contributed by atoms with van der Waals surface area (Å²) in [7, 11) is 0. The zero-order chi connectivity index (χ0) is 13.0. The van der Waals surface area contributed by atoms with Gasteiger partial charge in [0.1, 0.15) is 0 Å². The fraction of sp³-hybridized carbons (Fsp3) is 0.933. The topological polar surface area (TPSA) is 38.8 Å². The van der Waals surface area contributed by atoms with Crippen molar-refractivity contribution in [2.75, 3.05) is 6.61 Å². The molecule has 3 nitrogen and oxygen atoms in total. The molecule has 4 atom stereocenters. The van der Waals surface area contributed by atoms with E-state index >= 15 is 0 Å². The number of hydrogen-bond acceptors (Lipinski definition) is 3. The first-order chi connectivity index (χ1) is 8.74. The van der Waals surface area contributed by atoms with Gasteiger partial charge in [-0.2, -0.15) is 0 Å².